The molecule has 17 heavy (non-hydrogen) atoms. The van der Waals surface area contributed by atoms with Gasteiger partial charge in [-0.15, -0.1) is 0 Å². The highest BCUT2D eigenvalue weighted by molar-refractivity contribution is 7.92. The lowest BCUT2D eigenvalue weighted by Gasteiger charge is -2.17. The Balaban J connectivity index is 3.11. The molecule has 1 atom stereocenters. The van der Waals surface area contributed by atoms with Crippen molar-refractivity contribution in [1.82, 2.24) is 4.90 Å². The second kappa shape index (κ2) is 5.06. The molecule has 0 aromatic heterocycles. The number of benzene rings is 1. The van der Waals surface area contributed by atoms with Crippen LogP contribution in [0.1, 0.15) is 6.92 Å². The molecule has 0 fully saturated rings. The van der Waals surface area contributed by atoms with Crippen LogP contribution in [0.3, 0.4) is 0 Å². The van der Waals surface area contributed by atoms with Gasteiger partial charge in [-0.05, 0) is 31.2 Å². The maximum absolute atomic E-state index is 12.1. The second-order valence-corrected chi connectivity index (χ2v) is 6.58. The smallest absolute Gasteiger partial charge is 0.240 e. The van der Waals surface area contributed by atoms with Gasteiger partial charge in [0, 0.05) is 19.1 Å². The molecule has 1 aromatic rings. The van der Waals surface area contributed by atoms with Gasteiger partial charge in [0.15, 0.2) is 9.84 Å². The van der Waals surface area contributed by atoms with Crippen molar-refractivity contribution >= 4 is 27.3 Å². The number of nitrogens with zero attached hydrogens (tertiary/aromatic N) is 1. The van der Waals surface area contributed by atoms with Crippen molar-refractivity contribution in [2.24, 2.45) is 0 Å². The largest absolute Gasteiger partial charge is 0.348 e. The maximum atomic E-state index is 12.1. The van der Waals surface area contributed by atoms with Crippen LogP contribution < -0.4 is 0 Å². The van der Waals surface area contributed by atoms with Crippen LogP contribution in [0.4, 0.5) is 0 Å². The summed E-state index contributed by atoms with van der Waals surface area (Å²) in [6.45, 7) is 1.38. The Hall–Kier alpha value is -1.07. The number of sulfone groups is 1. The van der Waals surface area contributed by atoms with Crippen LogP contribution in [-0.4, -0.2) is 38.6 Å². The molecule has 0 radical (unpaired) electrons. The van der Waals surface area contributed by atoms with Crippen molar-refractivity contribution in [1.29, 1.82) is 0 Å². The summed E-state index contributed by atoms with van der Waals surface area (Å²) in [4.78, 5) is 13.0. The first-order valence-electron chi connectivity index (χ1n) is 4.97. The van der Waals surface area contributed by atoms with Crippen LogP contribution in [-0.2, 0) is 14.6 Å². The molecule has 0 heterocycles. The summed E-state index contributed by atoms with van der Waals surface area (Å²) in [6.07, 6.45) is 0. The predicted octanol–water partition coefficient (Wildman–Crippen LogP) is 1.59. The molecule has 4 nitrogen and oxygen atoms in total. The van der Waals surface area contributed by atoms with Gasteiger partial charge in [0.05, 0.1) is 4.90 Å². The van der Waals surface area contributed by atoms with Crippen molar-refractivity contribution in [3.05, 3.63) is 29.3 Å². The Morgan fingerprint density at radius 1 is 1.24 bits per heavy atom. The van der Waals surface area contributed by atoms with Gasteiger partial charge in [0.1, 0.15) is 5.25 Å². The quantitative estimate of drug-likeness (QED) is 0.842. The summed E-state index contributed by atoms with van der Waals surface area (Å²) in [7, 11) is -0.602. The molecule has 0 bridgehead atoms. The van der Waals surface area contributed by atoms with Gasteiger partial charge in [-0.3, -0.25) is 4.79 Å². The van der Waals surface area contributed by atoms with E-state index < -0.39 is 21.0 Å². The average Bonchev–Trinajstić information content (AvgIpc) is 2.27. The second-order valence-electron chi connectivity index (χ2n) is 3.87. The van der Waals surface area contributed by atoms with E-state index in [1.54, 1.807) is 0 Å². The van der Waals surface area contributed by atoms with Crippen LogP contribution in [0.2, 0.25) is 5.02 Å². The minimum absolute atomic E-state index is 0.101. The van der Waals surface area contributed by atoms with Crippen molar-refractivity contribution in [3.8, 4) is 0 Å². The van der Waals surface area contributed by atoms with E-state index in [0.717, 1.165) is 0 Å². The fourth-order valence-electron chi connectivity index (χ4n) is 1.32. The zero-order chi connectivity index (χ0) is 13.2. The van der Waals surface area contributed by atoms with Crippen molar-refractivity contribution in [2.45, 2.75) is 17.1 Å². The molecule has 1 rings (SSSR count). The lowest BCUT2D eigenvalue weighted by atomic mass is 10.4. The Bertz CT molecular complexity index is 508. The van der Waals surface area contributed by atoms with E-state index in [4.69, 9.17) is 11.6 Å². The van der Waals surface area contributed by atoms with Crippen molar-refractivity contribution in [2.75, 3.05) is 14.1 Å². The van der Waals surface area contributed by atoms with Crippen LogP contribution in [0, 0.1) is 0 Å². The molecule has 6 heteroatoms. The van der Waals surface area contributed by atoms with Crippen LogP contribution in [0.15, 0.2) is 29.2 Å². The lowest BCUT2D eigenvalue weighted by molar-refractivity contribution is -0.127. The maximum Gasteiger partial charge on any atom is 0.240 e. The Morgan fingerprint density at radius 3 is 2.12 bits per heavy atom. The van der Waals surface area contributed by atoms with Crippen molar-refractivity contribution in [3.63, 3.8) is 0 Å². The van der Waals surface area contributed by atoms with Crippen LogP contribution >= 0.6 is 11.6 Å². The number of amides is 1. The number of hydrogen-bond donors (Lipinski definition) is 0. The first kappa shape index (κ1) is 14.0. The monoisotopic (exact) mass is 275 g/mol. The number of carbonyl (C=O) groups excluding carboxylic acids is 1. The van der Waals surface area contributed by atoms with E-state index in [9.17, 15) is 13.2 Å². The van der Waals surface area contributed by atoms with Gasteiger partial charge in [-0.2, -0.15) is 0 Å². The van der Waals surface area contributed by atoms with Gasteiger partial charge in [-0.25, -0.2) is 8.42 Å². The summed E-state index contributed by atoms with van der Waals surface area (Å²) < 4.78 is 24.2. The third-order valence-electron chi connectivity index (χ3n) is 2.40. The average molecular weight is 276 g/mol. The zero-order valence-corrected chi connectivity index (χ0v) is 11.4. The molecular weight excluding hydrogens is 262 g/mol. The third-order valence-corrected chi connectivity index (χ3v) is 4.71. The molecule has 94 valence electrons. The summed E-state index contributed by atoms with van der Waals surface area (Å²) in [5, 5.41) is -0.644. The number of rotatable bonds is 3. The van der Waals surface area contributed by atoms with E-state index in [1.165, 1.54) is 50.2 Å². The molecule has 0 aliphatic carbocycles. The van der Waals surface area contributed by atoms with Gasteiger partial charge in [0.2, 0.25) is 5.91 Å². The van der Waals surface area contributed by atoms with E-state index in [-0.39, 0.29) is 4.90 Å². The fourth-order valence-corrected chi connectivity index (χ4v) is 2.85. The Morgan fingerprint density at radius 2 is 1.71 bits per heavy atom. The minimum atomic E-state index is -3.65. The standard InChI is InChI=1S/C11H14ClNO3S/c1-8(11(14)13(2)3)17(15,16)10-6-4-9(12)5-7-10/h4-8H,1-3H3. The fraction of sp³-hybridized carbons (Fsp3) is 0.364. The van der Waals surface area contributed by atoms with Gasteiger partial charge >= 0.3 is 0 Å². The molecule has 0 saturated heterocycles. The molecule has 0 aliphatic heterocycles. The van der Waals surface area contributed by atoms with Gasteiger partial charge in [-0.1, -0.05) is 11.6 Å². The predicted molar refractivity (Wildman–Crippen MR) is 66.8 cm³/mol. The summed E-state index contributed by atoms with van der Waals surface area (Å²) in [5.74, 6) is -0.444. The topological polar surface area (TPSA) is 54.5 Å². The molecule has 1 amide bonds. The van der Waals surface area contributed by atoms with Crippen LogP contribution in [0.25, 0.3) is 0 Å². The Kier molecular flexibility index (Phi) is 4.16. The zero-order valence-electron chi connectivity index (χ0n) is 9.84. The summed E-state index contributed by atoms with van der Waals surface area (Å²) in [5.41, 5.74) is 0. The molecule has 0 aliphatic rings. The van der Waals surface area contributed by atoms with Crippen molar-refractivity contribution < 1.29 is 13.2 Å². The molecule has 0 N–H and O–H groups in total. The molecule has 0 spiro atoms. The summed E-state index contributed by atoms with van der Waals surface area (Å²) >= 11 is 5.68. The number of hydrogen-bond acceptors (Lipinski definition) is 3. The van der Waals surface area contributed by atoms with Crippen LogP contribution in [0.5, 0.6) is 0 Å². The molecule has 1 aromatic carbocycles. The summed E-state index contributed by atoms with van der Waals surface area (Å²) in [6, 6.07) is 5.77. The minimum Gasteiger partial charge on any atom is -0.348 e. The van der Waals surface area contributed by atoms with E-state index >= 15 is 0 Å². The number of carbonyl (C=O) groups is 1. The van der Waals surface area contributed by atoms with Gasteiger partial charge < -0.3 is 4.90 Å². The lowest BCUT2D eigenvalue weighted by Crippen LogP contribution is -2.37. The van der Waals surface area contributed by atoms with E-state index in [2.05, 4.69) is 0 Å². The van der Waals surface area contributed by atoms with E-state index in [0.29, 0.717) is 5.02 Å². The third kappa shape index (κ3) is 2.98. The first-order chi connectivity index (χ1) is 7.76. The number of halogens is 1. The van der Waals surface area contributed by atoms with Gasteiger partial charge in [0.25, 0.3) is 0 Å². The highest BCUT2D eigenvalue weighted by Gasteiger charge is 2.30. The molecule has 1 unspecified atom stereocenters. The molecule has 0 saturated carbocycles. The van der Waals surface area contributed by atoms with E-state index in [1.807, 2.05) is 0 Å². The highest BCUT2D eigenvalue weighted by atomic mass is 35.5. The normalized spacial score (nSPS) is 13.2. The SMILES string of the molecule is CC(C(=O)N(C)C)S(=O)(=O)c1ccc(Cl)cc1. The highest BCUT2D eigenvalue weighted by Crippen LogP contribution is 2.19. The Labute approximate surface area is 106 Å². The molecular formula is C11H14ClNO3S. The first-order valence-corrected chi connectivity index (χ1v) is 6.90.